The standard InChI is InChI=1S/C33H34N4O/c1-22-30-28-14-8-9-15-29(28)37(32(30)36-23(2)35-22)21-25-16-18-27(19-17-25)31(26-12-6-7-13-26)33(38)34-20-24-10-4-3-5-11-24/h3-5,8-11,14-19,26,31H,6-7,12-13,20-21H2,1-2H3,(H,34,38)/t31-/m0/s1. The van der Waals surface area contributed by atoms with Gasteiger partial charge in [0.2, 0.25) is 5.91 Å². The molecule has 0 unspecified atom stereocenters. The first kappa shape index (κ1) is 24.4. The van der Waals surface area contributed by atoms with Crippen molar-refractivity contribution >= 4 is 27.8 Å². The molecule has 0 spiro atoms. The van der Waals surface area contributed by atoms with Gasteiger partial charge < -0.3 is 9.88 Å². The maximum atomic E-state index is 13.5. The van der Waals surface area contributed by atoms with Gasteiger partial charge in [-0.05, 0) is 55.4 Å². The maximum Gasteiger partial charge on any atom is 0.228 e. The van der Waals surface area contributed by atoms with E-state index in [-0.39, 0.29) is 11.8 Å². The number of rotatable bonds is 7. The van der Waals surface area contributed by atoms with E-state index >= 15 is 0 Å². The van der Waals surface area contributed by atoms with Gasteiger partial charge in [-0.25, -0.2) is 9.97 Å². The molecule has 1 N–H and O–H groups in total. The van der Waals surface area contributed by atoms with E-state index in [0.29, 0.717) is 19.0 Å². The van der Waals surface area contributed by atoms with Crippen molar-refractivity contribution in [1.29, 1.82) is 0 Å². The molecule has 0 radical (unpaired) electrons. The molecule has 1 aliphatic rings. The van der Waals surface area contributed by atoms with Crippen molar-refractivity contribution in [3.63, 3.8) is 0 Å². The van der Waals surface area contributed by atoms with E-state index in [1.165, 1.54) is 29.3 Å². The molecule has 0 saturated heterocycles. The van der Waals surface area contributed by atoms with E-state index in [4.69, 9.17) is 4.98 Å². The molecule has 3 aromatic carbocycles. The molecule has 1 atom stereocenters. The first-order valence-electron chi connectivity index (χ1n) is 13.7. The second kappa shape index (κ2) is 10.4. The minimum atomic E-state index is -0.110. The first-order chi connectivity index (χ1) is 18.6. The molecule has 1 amide bonds. The zero-order valence-corrected chi connectivity index (χ0v) is 22.2. The fourth-order valence-corrected chi connectivity index (χ4v) is 6.24. The van der Waals surface area contributed by atoms with E-state index in [0.717, 1.165) is 46.5 Å². The number of carbonyl (C=O) groups is 1. The Bertz CT molecular complexity index is 1580. The van der Waals surface area contributed by atoms with Gasteiger partial charge in [-0.2, -0.15) is 0 Å². The molecule has 38 heavy (non-hydrogen) atoms. The van der Waals surface area contributed by atoms with Crippen LogP contribution in [-0.4, -0.2) is 20.4 Å². The van der Waals surface area contributed by atoms with Crippen molar-refractivity contribution in [3.05, 3.63) is 107 Å². The molecule has 2 heterocycles. The van der Waals surface area contributed by atoms with Crippen molar-refractivity contribution in [2.75, 3.05) is 0 Å². The molecule has 6 rings (SSSR count). The molecule has 1 aliphatic carbocycles. The Morgan fingerprint density at radius 3 is 2.37 bits per heavy atom. The van der Waals surface area contributed by atoms with E-state index < -0.39 is 0 Å². The molecule has 0 aliphatic heterocycles. The Kier molecular flexibility index (Phi) is 6.67. The smallest absolute Gasteiger partial charge is 0.228 e. The van der Waals surface area contributed by atoms with Gasteiger partial charge in [0.15, 0.2) is 0 Å². The molecular weight excluding hydrogens is 468 g/mol. The van der Waals surface area contributed by atoms with E-state index in [1.807, 2.05) is 25.1 Å². The normalized spacial score (nSPS) is 14.8. The largest absolute Gasteiger partial charge is 0.351 e. The SMILES string of the molecule is Cc1nc(C)c2c3ccccc3n(Cc3ccc([C@@H](C(=O)NCc4ccccc4)C4CCCC4)cc3)c2n1. The average molecular weight is 503 g/mol. The molecular formula is C33H34N4O. The van der Waals surface area contributed by atoms with Gasteiger partial charge in [0, 0.05) is 23.9 Å². The van der Waals surface area contributed by atoms with Gasteiger partial charge in [-0.3, -0.25) is 4.79 Å². The van der Waals surface area contributed by atoms with Gasteiger partial charge >= 0.3 is 0 Å². The zero-order chi connectivity index (χ0) is 26.1. The summed E-state index contributed by atoms with van der Waals surface area (Å²) < 4.78 is 2.29. The summed E-state index contributed by atoms with van der Waals surface area (Å²) in [5, 5.41) is 5.53. The Morgan fingerprint density at radius 1 is 0.895 bits per heavy atom. The van der Waals surface area contributed by atoms with E-state index in [9.17, 15) is 4.79 Å². The minimum Gasteiger partial charge on any atom is -0.351 e. The molecule has 2 aromatic heterocycles. The summed E-state index contributed by atoms with van der Waals surface area (Å²) >= 11 is 0. The van der Waals surface area contributed by atoms with Crippen LogP contribution in [0.4, 0.5) is 0 Å². The van der Waals surface area contributed by atoms with Crippen molar-refractivity contribution in [2.24, 2.45) is 5.92 Å². The number of benzene rings is 3. The summed E-state index contributed by atoms with van der Waals surface area (Å²) in [6, 6.07) is 27.3. The average Bonchev–Trinajstić information content (AvgIpc) is 3.56. The molecule has 5 nitrogen and oxygen atoms in total. The lowest BCUT2D eigenvalue weighted by Crippen LogP contribution is -2.32. The van der Waals surface area contributed by atoms with Crippen molar-refractivity contribution in [3.8, 4) is 0 Å². The summed E-state index contributed by atoms with van der Waals surface area (Å²) in [5.41, 5.74) is 6.59. The fourth-order valence-electron chi connectivity index (χ4n) is 6.24. The lowest BCUT2D eigenvalue weighted by Gasteiger charge is -2.23. The fraction of sp³-hybridized carbons (Fsp3) is 0.303. The van der Waals surface area contributed by atoms with Crippen molar-refractivity contribution in [2.45, 2.75) is 58.5 Å². The van der Waals surface area contributed by atoms with Crippen LogP contribution in [0.2, 0.25) is 0 Å². The van der Waals surface area contributed by atoms with Gasteiger partial charge in [-0.1, -0.05) is 85.6 Å². The molecule has 1 fully saturated rings. The van der Waals surface area contributed by atoms with Crippen LogP contribution in [0.25, 0.3) is 21.9 Å². The van der Waals surface area contributed by atoms with Crippen LogP contribution in [0.3, 0.4) is 0 Å². The molecule has 5 heteroatoms. The predicted octanol–water partition coefficient (Wildman–Crippen LogP) is 6.84. The minimum absolute atomic E-state index is 0.110. The van der Waals surface area contributed by atoms with Gasteiger partial charge in [0.25, 0.3) is 0 Å². The van der Waals surface area contributed by atoms with E-state index in [1.54, 1.807) is 0 Å². The quantitative estimate of drug-likeness (QED) is 0.265. The van der Waals surface area contributed by atoms with Gasteiger partial charge in [0.1, 0.15) is 11.5 Å². The summed E-state index contributed by atoms with van der Waals surface area (Å²) in [6.07, 6.45) is 4.65. The lowest BCUT2D eigenvalue weighted by atomic mass is 9.83. The highest BCUT2D eigenvalue weighted by Gasteiger charge is 2.32. The van der Waals surface area contributed by atoms with Gasteiger partial charge in [-0.15, -0.1) is 0 Å². The van der Waals surface area contributed by atoms with Crippen LogP contribution in [0, 0.1) is 19.8 Å². The number of amides is 1. The van der Waals surface area contributed by atoms with Crippen LogP contribution in [0.5, 0.6) is 0 Å². The second-order valence-electron chi connectivity index (χ2n) is 10.6. The van der Waals surface area contributed by atoms with E-state index in [2.05, 4.69) is 82.5 Å². The molecule has 1 saturated carbocycles. The highest BCUT2D eigenvalue weighted by molar-refractivity contribution is 6.07. The number of nitrogens with zero attached hydrogens (tertiary/aromatic N) is 3. The number of hydrogen-bond acceptors (Lipinski definition) is 3. The number of nitrogens with one attached hydrogen (secondary N) is 1. The highest BCUT2D eigenvalue weighted by atomic mass is 16.1. The monoisotopic (exact) mass is 502 g/mol. The summed E-state index contributed by atoms with van der Waals surface area (Å²) in [4.78, 5) is 22.9. The number of hydrogen-bond donors (Lipinski definition) is 1. The Labute approximate surface area is 223 Å². The molecule has 192 valence electrons. The van der Waals surface area contributed by atoms with Crippen molar-refractivity contribution < 1.29 is 4.79 Å². The third-order valence-electron chi connectivity index (χ3n) is 8.05. The Hall–Kier alpha value is -3.99. The van der Waals surface area contributed by atoms with Crippen LogP contribution in [0.1, 0.15) is 59.8 Å². The van der Waals surface area contributed by atoms with Crippen LogP contribution >= 0.6 is 0 Å². The first-order valence-corrected chi connectivity index (χ1v) is 13.7. The topological polar surface area (TPSA) is 59.8 Å². The summed E-state index contributed by atoms with van der Waals surface area (Å²) in [5.74, 6) is 1.21. The summed E-state index contributed by atoms with van der Waals surface area (Å²) in [6.45, 7) is 5.30. The number of fused-ring (bicyclic) bond motifs is 3. The number of para-hydroxylation sites is 1. The van der Waals surface area contributed by atoms with Crippen LogP contribution in [0.15, 0.2) is 78.9 Å². The van der Waals surface area contributed by atoms with Gasteiger partial charge in [0.05, 0.1) is 17.1 Å². The third kappa shape index (κ3) is 4.69. The second-order valence-corrected chi connectivity index (χ2v) is 10.6. The zero-order valence-electron chi connectivity index (χ0n) is 22.2. The molecule has 0 bridgehead atoms. The number of aromatic nitrogens is 3. The number of carbonyl (C=O) groups excluding carboxylic acids is 1. The highest BCUT2D eigenvalue weighted by Crippen LogP contribution is 2.38. The molecule has 5 aromatic rings. The summed E-state index contributed by atoms with van der Waals surface area (Å²) in [7, 11) is 0. The Balaban J connectivity index is 1.29. The lowest BCUT2D eigenvalue weighted by molar-refractivity contribution is -0.123. The van der Waals surface area contributed by atoms with Crippen LogP contribution in [-0.2, 0) is 17.9 Å². The van der Waals surface area contributed by atoms with Crippen molar-refractivity contribution in [1.82, 2.24) is 19.9 Å². The van der Waals surface area contributed by atoms with Crippen LogP contribution < -0.4 is 5.32 Å². The third-order valence-corrected chi connectivity index (χ3v) is 8.05. The maximum absolute atomic E-state index is 13.5. The predicted molar refractivity (Wildman–Crippen MR) is 153 cm³/mol. The Morgan fingerprint density at radius 2 is 1.61 bits per heavy atom. The number of aryl methyl sites for hydroxylation is 2.